The van der Waals surface area contributed by atoms with Crippen LogP contribution in [0.4, 0.5) is 0 Å². The highest BCUT2D eigenvalue weighted by molar-refractivity contribution is 5.37. The zero-order chi connectivity index (χ0) is 10.6. The molecule has 0 aromatic heterocycles. The zero-order valence-corrected chi connectivity index (χ0v) is 9.14. The second kappa shape index (κ2) is 5.13. The van der Waals surface area contributed by atoms with E-state index in [-0.39, 0.29) is 0 Å². The summed E-state index contributed by atoms with van der Waals surface area (Å²) in [5.74, 6) is 0. The monoisotopic (exact) mass is 192 g/mol. The van der Waals surface area contributed by atoms with E-state index in [2.05, 4.69) is 26.0 Å². The maximum Gasteiger partial charge on any atom is -0.00366 e. The van der Waals surface area contributed by atoms with E-state index in [4.69, 9.17) is 11.5 Å². The topological polar surface area (TPSA) is 52.0 Å². The van der Waals surface area contributed by atoms with Gasteiger partial charge in [-0.25, -0.2) is 0 Å². The lowest BCUT2D eigenvalue weighted by molar-refractivity contribution is 0.900. The number of rotatable bonds is 4. The Bertz CT molecular complexity index is 274. The van der Waals surface area contributed by atoms with Crippen LogP contribution in [0.2, 0.25) is 0 Å². The SMILES string of the molecule is Cc1cc(CCN)c(CCN)cc1C. The van der Waals surface area contributed by atoms with Gasteiger partial charge in [-0.2, -0.15) is 0 Å². The average Bonchev–Trinajstić information content (AvgIpc) is 2.14. The van der Waals surface area contributed by atoms with Gasteiger partial charge in [-0.05, 0) is 62.0 Å². The molecule has 0 fully saturated rings. The third kappa shape index (κ3) is 2.56. The summed E-state index contributed by atoms with van der Waals surface area (Å²) in [4.78, 5) is 0. The first-order chi connectivity index (χ1) is 6.69. The first kappa shape index (κ1) is 11.2. The van der Waals surface area contributed by atoms with Crippen LogP contribution in [0.5, 0.6) is 0 Å². The maximum absolute atomic E-state index is 5.58. The fourth-order valence-electron chi connectivity index (χ4n) is 1.71. The van der Waals surface area contributed by atoms with Gasteiger partial charge in [0, 0.05) is 0 Å². The summed E-state index contributed by atoms with van der Waals surface area (Å²) in [5.41, 5.74) is 16.6. The Hall–Kier alpha value is -0.860. The van der Waals surface area contributed by atoms with E-state index in [1.54, 1.807) is 0 Å². The molecule has 1 aromatic carbocycles. The molecule has 1 rings (SSSR count). The number of nitrogens with two attached hydrogens (primary N) is 2. The molecule has 0 amide bonds. The lowest BCUT2D eigenvalue weighted by Gasteiger charge is -2.11. The Morgan fingerprint density at radius 2 is 1.21 bits per heavy atom. The molecule has 2 nitrogen and oxygen atoms in total. The Labute approximate surface area is 86.3 Å². The maximum atomic E-state index is 5.58. The summed E-state index contributed by atoms with van der Waals surface area (Å²) in [6.45, 7) is 5.70. The zero-order valence-electron chi connectivity index (χ0n) is 9.14. The van der Waals surface area contributed by atoms with E-state index in [0.717, 1.165) is 12.8 Å². The molecule has 0 aliphatic rings. The Balaban J connectivity index is 3.03. The predicted molar refractivity (Wildman–Crippen MR) is 61.4 cm³/mol. The van der Waals surface area contributed by atoms with Gasteiger partial charge >= 0.3 is 0 Å². The molecule has 78 valence electrons. The summed E-state index contributed by atoms with van der Waals surface area (Å²) >= 11 is 0. The van der Waals surface area contributed by atoms with Crippen LogP contribution >= 0.6 is 0 Å². The van der Waals surface area contributed by atoms with E-state index >= 15 is 0 Å². The molecule has 0 saturated carbocycles. The van der Waals surface area contributed by atoms with Crippen molar-refractivity contribution in [3.8, 4) is 0 Å². The molecule has 0 atom stereocenters. The minimum absolute atomic E-state index is 0.708. The molecule has 0 bridgehead atoms. The molecule has 0 unspecified atom stereocenters. The van der Waals surface area contributed by atoms with E-state index in [0.29, 0.717) is 13.1 Å². The largest absolute Gasteiger partial charge is 0.330 e. The molecule has 0 radical (unpaired) electrons. The van der Waals surface area contributed by atoms with Gasteiger partial charge < -0.3 is 11.5 Å². The normalized spacial score (nSPS) is 10.6. The number of hydrogen-bond donors (Lipinski definition) is 2. The minimum Gasteiger partial charge on any atom is -0.330 e. The van der Waals surface area contributed by atoms with E-state index < -0.39 is 0 Å². The van der Waals surface area contributed by atoms with E-state index in [9.17, 15) is 0 Å². The Kier molecular flexibility index (Phi) is 4.11. The lowest BCUT2D eigenvalue weighted by Crippen LogP contribution is -2.10. The lowest BCUT2D eigenvalue weighted by atomic mass is 9.96. The van der Waals surface area contributed by atoms with Crippen molar-refractivity contribution in [2.24, 2.45) is 11.5 Å². The molecule has 0 heterocycles. The first-order valence-electron chi connectivity index (χ1n) is 5.18. The average molecular weight is 192 g/mol. The Morgan fingerprint density at radius 1 is 0.857 bits per heavy atom. The van der Waals surface area contributed by atoms with Crippen molar-refractivity contribution in [2.75, 3.05) is 13.1 Å². The van der Waals surface area contributed by atoms with Crippen molar-refractivity contribution in [2.45, 2.75) is 26.7 Å². The van der Waals surface area contributed by atoms with Crippen LogP contribution in [0.3, 0.4) is 0 Å². The molecule has 0 aliphatic heterocycles. The van der Waals surface area contributed by atoms with Crippen LogP contribution in [0.1, 0.15) is 22.3 Å². The van der Waals surface area contributed by atoms with Gasteiger partial charge in [0.25, 0.3) is 0 Å². The second-order valence-electron chi connectivity index (χ2n) is 3.78. The third-order valence-corrected chi connectivity index (χ3v) is 2.64. The fourth-order valence-corrected chi connectivity index (χ4v) is 1.71. The first-order valence-corrected chi connectivity index (χ1v) is 5.18. The highest BCUT2D eigenvalue weighted by Crippen LogP contribution is 2.16. The summed E-state index contributed by atoms with van der Waals surface area (Å²) in [5, 5.41) is 0. The van der Waals surface area contributed by atoms with Crippen molar-refractivity contribution in [1.29, 1.82) is 0 Å². The molecule has 0 aliphatic carbocycles. The van der Waals surface area contributed by atoms with Gasteiger partial charge in [0.2, 0.25) is 0 Å². The van der Waals surface area contributed by atoms with E-state index in [1.807, 2.05) is 0 Å². The number of benzene rings is 1. The molecular formula is C12H20N2. The fraction of sp³-hybridized carbons (Fsp3) is 0.500. The molecule has 4 N–H and O–H groups in total. The second-order valence-corrected chi connectivity index (χ2v) is 3.78. The summed E-state index contributed by atoms with van der Waals surface area (Å²) in [6, 6.07) is 4.49. The van der Waals surface area contributed by atoms with Gasteiger partial charge in [-0.3, -0.25) is 0 Å². The van der Waals surface area contributed by atoms with Crippen LogP contribution in [0.15, 0.2) is 12.1 Å². The molecule has 0 saturated heterocycles. The smallest absolute Gasteiger partial charge is 0.00366 e. The number of hydrogen-bond acceptors (Lipinski definition) is 2. The summed E-state index contributed by atoms with van der Waals surface area (Å²) < 4.78 is 0. The highest BCUT2D eigenvalue weighted by Gasteiger charge is 2.03. The standard InChI is InChI=1S/C12H20N2/c1-9-7-11(3-5-13)12(4-6-14)8-10(9)2/h7-8H,3-6,13-14H2,1-2H3. The van der Waals surface area contributed by atoms with Crippen LogP contribution in [-0.2, 0) is 12.8 Å². The van der Waals surface area contributed by atoms with Crippen LogP contribution in [0, 0.1) is 13.8 Å². The molecule has 2 heteroatoms. The van der Waals surface area contributed by atoms with Crippen molar-refractivity contribution >= 4 is 0 Å². The quantitative estimate of drug-likeness (QED) is 0.755. The van der Waals surface area contributed by atoms with Gasteiger partial charge in [-0.1, -0.05) is 12.1 Å². The Morgan fingerprint density at radius 3 is 1.50 bits per heavy atom. The van der Waals surface area contributed by atoms with Crippen molar-refractivity contribution in [3.05, 3.63) is 34.4 Å². The summed E-state index contributed by atoms with van der Waals surface area (Å²) in [6.07, 6.45) is 1.91. The van der Waals surface area contributed by atoms with Gasteiger partial charge in [-0.15, -0.1) is 0 Å². The number of aryl methyl sites for hydroxylation is 2. The third-order valence-electron chi connectivity index (χ3n) is 2.64. The van der Waals surface area contributed by atoms with Gasteiger partial charge in [0.1, 0.15) is 0 Å². The molecular weight excluding hydrogens is 172 g/mol. The molecule has 1 aromatic rings. The van der Waals surface area contributed by atoms with Crippen molar-refractivity contribution < 1.29 is 0 Å². The highest BCUT2D eigenvalue weighted by atomic mass is 14.5. The molecule has 0 spiro atoms. The van der Waals surface area contributed by atoms with Gasteiger partial charge in [0.15, 0.2) is 0 Å². The van der Waals surface area contributed by atoms with E-state index in [1.165, 1.54) is 22.3 Å². The van der Waals surface area contributed by atoms with Gasteiger partial charge in [0.05, 0.1) is 0 Å². The minimum atomic E-state index is 0.708. The summed E-state index contributed by atoms with van der Waals surface area (Å²) in [7, 11) is 0. The van der Waals surface area contributed by atoms with Crippen molar-refractivity contribution in [1.82, 2.24) is 0 Å². The van der Waals surface area contributed by atoms with Crippen LogP contribution < -0.4 is 11.5 Å². The molecule has 14 heavy (non-hydrogen) atoms. The van der Waals surface area contributed by atoms with Crippen molar-refractivity contribution in [3.63, 3.8) is 0 Å². The predicted octanol–water partition coefficient (Wildman–Crippen LogP) is 1.31. The van der Waals surface area contributed by atoms with Crippen LogP contribution in [-0.4, -0.2) is 13.1 Å². The van der Waals surface area contributed by atoms with Crippen LogP contribution in [0.25, 0.3) is 0 Å².